The zero-order valence-corrected chi connectivity index (χ0v) is 9.68. The Balaban J connectivity index is 2.19. The number of hydrogen-bond donors (Lipinski definition) is 0. The normalized spacial score (nSPS) is 17.6. The first-order valence-electron chi connectivity index (χ1n) is 5.60. The Bertz CT molecular complexity index is 542. The molecule has 0 N–H and O–H groups in total. The van der Waals surface area contributed by atoms with Crippen LogP contribution in [0.15, 0.2) is 18.2 Å². The summed E-state index contributed by atoms with van der Waals surface area (Å²) in [5.41, 5.74) is 3.84. The van der Waals surface area contributed by atoms with Gasteiger partial charge in [0.15, 0.2) is 5.82 Å². The second-order valence-corrected chi connectivity index (χ2v) is 4.62. The van der Waals surface area contributed by atoms with Crippen molar-refractivity contribution in [3.63, 3.8) is 0 Å². The van der Waals surface area contributed by atoms with Crippen LogP contribution < -0.4 is 0 Å². The molecule has 4 nitrogen and oxygen atoms in total. The van der Waals surface area contributed by atoms with Gasteiger partial charge in [-0.3, -0.25) is 0 Å². The van der Waals surface area contributed by atoms with Crippen LogP contribution in [0.25, 0.3) is 11.4 Å². The van der Waals surface area contributed by atoms with E-state index in [1.54, 1.807) is 0 Å². The molecule has 1 aromatic heterocycles. The summed E-state index contributed by atoms with van der Waals surface area (Å²) in [5, 5.41) is 11.8. The molecule has 0 spiro atoms. The Morgan fingerprint density at radius 1 is 1.31 bits per heavy atom. The van der Waals surface area contributed by atoms with Crippen molar-refractivity contribution in [2.24, 2.45) is 0 Å². The zero-order valence-electron chi connectivity index (χ0n) is 9.68. The first kappa shape index (κ1) is 9.51. The molecule has 1 unspecified atom stereocenters. The maximum atomic E-state index is 4.06. The lowest BCUT2D eigenvalue weighted by molar-refractivity contribution is 0.566. The molecule has 4 heteroatoms. The molecule has 0 saturated carbocycles. The molecule has 0 amide bonds. The van der Waals surface area contributed by atoms with Gasteiger partial charge in [-0.25, -0.2) is 4.68 Å². The van der Waals surface area contributed by atoms with Crippen LogP contribution in [-0.2, 0) is 0 Å². The van der Waals surface area contributed by atoms with E-state index in [2.05, 4.69) is 54.5 Å². The number of fused-ring (bicyclic) bond motifs is 3. The fourth-order valence-electron chi connectivity index (χ4n) is 2.25. The van der Waals surface area contributed by atoms with Crippen LogP contribution in [0, 0.1) is 0 Å². The van der Waals surface area contributed by atoms with Crippen molar-refractivity contribution in [2.45, 2.75) is 32.7 Å². The second kappa shape index (κ2) is 3.14. The van der Waals surface area contributed by atoms with E-state index in [-0.39, 0.29) is 6.04 Å². The SMILES string of the molecule is CC(C)c1ccc2c(c1)C(C)n1nnnc1-2. The van der Waals surface area contributed by atoms with Crippen LogP contribution in [-0.4, -0.2) is 20.2 Å². The minimum absolute atomic E-state index is 0.249. The van der Waals surface area contributed by atoms with Crippen LogP contribution >= 0.6 is 0 Å². The largest absolute Gasteiger partial charge is 0.218 e. The van der Waals surface area contributed by atoms with Gasteiger partial charge in [-0.1, -0.05) is 32.0 Å². The highest BCUT2D eigenvalue weighted by atomic mass is 15.6. The number of tetrazole rings is 1. The summed E-state index contributed by atoms with van der Waals surface area (Å²) in [6.45, 7) is 6.55. The molecule has 2 heterocycles. The maximum Gasteiger partial charge on any atom is 0.182 e. The van der Waals surface area contributed by atoms with Crippen LogP contribution in [0.5, 0.6) is 0 Å². The summed E-state index contributed by atoms with van der Waals surface area (Å²) in [4.78, 5) is 0. The molecule has 3 rings (SSSR count). The van der Waals surface area contributed by atoms with Gasteiger partial charge in [0, 0.05) is 5.56 Å². The highest BCUT2D eigenvalue weighted by molar-refractivity contribution is 5.66. The van der Waals surface area contributed by atoms with Gasteiger partial charge in [-0.05, 0) is 34.4 Å². The molecule has 0 aliphatic carbocycles. The Morgan fingerprint density at radius 3 is 2.88 bits per heavy atom. The molecule has 1 aliphatic heterocycles. The van der Waals surface area contributed by atoms with Gasteiger partial charge in [0.2, 0.25) is 0 Å². The average molecular weight is 214 g/mol. The van der Waals surface area contributed by atoms with Crippen molar-refractivity contribution in [3.8, 4) is 11.4 Å². The lowest BCUT2D eigenvalue weighted by Crippen LogP contribution is -2.03. The van der Waals surface area contributed by atoms with E-state index >= 15 is 0 Å². The quantitative estimate of drug-likeness (QED) is 0.732. The van der Waals surface area contributed by atoms with E-state index in [0.717, 1.165) is 5.82 Å². The van der Waals surface area contributed by atoms with Crippen LogP contribution in [0.2, 0.25) is 0 Å². The summed E-state index contributed by atoms with van der Waals surface area (Å²) in [7, 11) is 0. The molecule has 0 saturated heterocycles. The van der Waals surface area contributed by atoms with Crippen molar-refractivity contribution < 1.29 is 0 Å². The Morgan fingerprint density at radius 2 is 2.12 bits per heavy atom. The topological polar surface area (TPSA) is 43.6 Å². The Labute approximate surface area is 94.3 Å². The molecule has 16 heavy (non-hydrogen) atoms. The monoisotopic (exact) mass is 214 g/mol. The average Bonchev–Trinajstić information content (AvgIpc) is 2.83. The van der Waals surface area contributed by atoms with E-state index in [9.17, 15) is 0 Å². The predicted molar refractivity (Wildman–Crippen MR) is 61.2 cm³/mol. The summed E-state index contributed by atoms with van der Waals surface area (Å²) < 4.78 is 1.88. The summed E-state index contributed by atoms with van der Waals surface area (Å²) in [6, 6.07) is 6.82. The van der Waals surface area contributed by atoms with Crippen LogP contribution in [0.1, 0.15) is 43.9 Å². The highest BCUT2D eigenvalue weighted by Gasteiger charge is 2.28. The number of benzene rings is 1. The number of aromatic nitrogens is 4. The van der Waals surface area contributed by atoms with Gasteiger partial charge in [0.1, 0.15) is 0 Å². The molecule has 0 bridgehead atoms. The number of rotatable bonds is 1. The van der Waals surface area contributed by atoms with E-state index in [1.165, 1.54) is 16.7 Å². The van der Waals surface area contributed by atoms with E-state index < -0.39 is 0 Å². The molecular formula is C12H14N4. The smallest absolute Gasteiger partial charge is 0.182 e. The first-order chi connectivity index (χ1) is 7.68. The zero-order chi connectivity index (χ0) is 11.3. The molecule has 1 aliphatic rings. The predicted octanol–water partition coefficient (Wildman–Crippen LogP) is 2.39. The molecule has 2 aromatic rings. The molecule has 0 fully saturated rings. The van der Waals surface area contributed by atoms with Gasteiger partial charge < -0.3 is 0 Å². The van der Waals surface area contributed by atoms with E-state index in [1.807, 2.05) is 4.68 Å². The van der Waals surface area contributed by atoms with Crippen molar-refractivity contribution in [2.75, 3.05) is 0 Å². The van der Waals surface area contributed by atoms with Crippen LogP contribution in [0.4, 0.5) is 0 Å². The van der Waals surface area contributed by atoms with Crippen LogP contribution in [0.3, 0.4) is 0 Å². The third-order valence-electron chi connectivity index (χ3n) is 3.29. The van der Waals surface area contributed by atoms with Crippen molar-refractivity contribution >= 4 is 0 Å². The highest BCUT2D eigenvalue weighted by Crippen LogP contribution is 2.37. The maximum absolute atomic E-state index is 4.06. The lowest BCUT2D eigenvalue weighted by Gasteiger charge is -2.10. The summed E-state index contributed by atoms with van der Waals surface area (Å²) in [6.07, 6.45) is 0. The van der Waals surface area contributed by atoms with Crippen molar-refractivity contribution in [1.29, 1.82) is 0 Å². The standard InChI is InChI=1S/C12H14N4/c1-7(2)9-4-5-10-11(6-9)8(3)16-12(10)13-14-15-16/h4-8H,1-3H3. The second-order valence-electron chi connectivity index (χ2n) is 4.62. The van der Waals surface area contributed by atoms with E-state index in [0.29, 0.717) is 5.92 Å². The fraction of sp³-hybridized carbons (Fsp3) is 0.417. The van der Waals surface area contributed by atoms with Gasteiger partial charge in [-0.15, -0.1) is 5.10 Å². The minimum Gasteiger partial charge on any atom is -0.218 e. The minimum atomic E-state index is 0.249. The number of hydrogen-bond acceptors (Lipinski definition) is 3. The first-order valence-corrected chi connectivity index (χ1v) is 5.60. The molecule has 82 valence electrons. The summed E-state index contributed by atoms with van der Waals surface area (Å²) in [5.74, 6) is 1.44. The van der Waals surface area contributed by atoms with Gasteiger partial charge in [0.25, 0.3) is 0 Å². The van der Waals surface area contributed by atoms with E-state index in [4.69, 9.17) is 0 Å². The molecule has 0 radical (unpaired) electrons. The Hall–Kier alpha value is -1.71. The third-order valence-corrected chi connectivity index (χ3v) is 3.29. The Kier molecular flexibility index (Phi) is 1.87. The summed E-state index contributed by atoms with van der Waals surface area (Å²) >= 11 is 0. The van der Waals surface area contributed by atoms with Gasteiger partial charge in [-0.2, -0.15) is 0 Å². The fourth-order valence-corrected chi connectivity index (χ4v) is 2.25. The van der Waals surface area contributed by atoms with Crippen molar-refractivity contribution in [3.05, 3.63) is 29.3 Å². The molecule has 1 aromatic carbocycles. The van der Waals surface area contributed by atoms with Crippen molar-refractivity contribution in [1.82, 2.24) is 20.2 Å². The lowest BCUT2D eigenvalue weighted by atomic mass is 9.96. The molecule has 1 atom stereocenters. The number of nitrogens with zero attached hydrogens (tertiary/aromatic N) is 4. The molecular weight excluding hydrogens is 200 g/mol. The third kappa shape index (κ3) is 1.13. The van der Waals surface area contributed by atoms with Gasteiger partial charge in [0.05, 0.1) is 6.04 Å². The van der Waals surface area contributed by atoms with Gasteiger partial charge >= 0.3 is 0 Å².